The summed E-state index contributed by atoms with van der Waals surface area (Å²) in [4.78, 5) is 4.42. The predicted molar refractivity (Wildman–Crippen MR) is 94.4 cm³/mol. The SMILES string of the molecule is Cc1cccc(CNc2cc(-c3cn[nH]c3C(C)C)ccn2)c1. The van der Waals surface area contributed by atoms with Crippen LogP contribution in [-0.4, -0.2) is 15.2 Å². The highest BCUT2D eigenvalue weighted by Crippen LogP contribution is 2.28. The van der Waals surface area contributed by atoms with Gasteiger partial charge in [-0.15, -0.1) is 0 Å². The maximum absolute atomic E-state index is 4.42. The predicted octanol–water partition coefficient (Wildman–Crippen LogP) is 4.52. The summed E-state index contributed by atoms with van der Waals surface area (Å²) in [6.45, 7) is 7.19. The van der Waals surface area contributed by atoms with Gasteiger partial charge in [-0.3, -0.25) is 5.10 Å². The first-order valence-corrected chi connectivity index (χ1v) is 7.92. The van der Waals surface area contributed by atoms with E-state index in [0.29, 0.717) is 5.92 Å². The first kappa shape index (κ1) is 15.3. The van der Waals surface area contributed by atoms with Crippen molar-refractivity contribution in [2.24, 2.45) is 0 Å². The fourth-order valence-corrected chi connectivity index (χ4v) is 2.68. The molecule has 0 fully saturated rings. The molecule has 0 unspecified atom stereocenters. The van der Waals surface area contributed by atoms with Gasteiger partial charge in [-0.2, -0.15) is 5.10 Å². The molecule has 0 radical (unpaired) electrons. The number of H-pyrrole nitrogens is 1. The molecule has 3 rings (SSSR count). The second-order valence-corrected chi connectivity index (χ2v) is 6.12. The van der Waals surface area contributed by atoms with Gasteiger partial charge in [0.25, 0.3) is 0 Å². The first-order chi connectivity index (χ1) is 11.1. The van der Waals surface area contributed by atoms with Gasteiger partial charge in [0.05, 0.1) is 6.20 Å². The maximum atomic E-state index is 4.42. The molecule has 23 heavy (non-hydrogen) atoms. The van der Waals surface area contributed by atoms with Gasteiger partial charge in [0, 0.05) is 24.0 Å². The Hall–Kier alpha value is -2.62. The van der Waals surface area contributed by atoms with E-state index in [1.54, 1.807) is 0 Å². The van der Waals surface area contributed by atoms with E-state index in [1.807, 2.05) is 18.5 Å². The van der Waals surface area contributed by atoms with Crippen LogP contribution in [0.5, 0.6) is 0 Å². The number of hydrogen-bond donors (Lipinski definition) is 2. The lowest BCUT2D eigenvalue weighted by atomic mass is 10.0. The van der Waals surface area contributed by atoms with Gasteiger partial charge in [-0.25, -0.2) is 4.98 Å². The van der Waals surface area contributed by atoms with Crippen molar-refractivity contribution in [3.8, 4) is 11.1 Å². The fraction of sp³-hybridized carbons (Fsp3) is 0.263. The fourth-order valence-electron chi connectivity index (χ4n) is 2.68. The first-order valence-electron chi connectivity index (χ1n) is 7.92. The lowest BCUT2D eigenvalue weighted by Crippen LogP contribution is -2.01. The Morgan fingerprint density at radius 1 is 1.17 bits per heavy atom. The number of nitrogens with one attached hydrogen (secondary N) is 2. The molecule has 2 N–H and O–H groups in total. The zero-order valence-corrected chi connectivity index (χ0v) is 13.8. The number of rotatable bonds is 5. The quantitative estimate of drug-likeness (QED) is 0.729. The minimum Gasteiger partial charge on any atom is -0.366 e. The van der Waals surface area contributed by atoms with Gasteiger partial charge in [-0.1, -0.05) is 43.7 Å². The maximum Gasteiger partial charge on any atom is 0.126 e. The van der Waals surface area contributed by atoms with Gasteiger partial charge in [-0.05, 0) is 36.1 Å². The zero-order chi connectivity index (χ0) is 16.2. The van der Waals surface area contributed by atoms with Crippen molar-refractivity contribution >= 4 is 5.82 Å². The molecule has 0 amide bonds. The van der Waals surface area contributed by atoms with E-state index >= 15 is 0 Å². The van der Waals surface area contributed by atoms with E-state index in [4.69, 9.17) is 0 Å². The van der Waals surface area contributed by atoms with E-state index in [-0.39, 0.29) is 0 Å². The van der Waals surface area contributed by atoms with Gasteiger partial charge in [0.2, 0.25) is 0 Å². The zero-order valence-electron chi connectivity index (χ0n) is 13.8. The molecule has 0 saturated carbocycles. The Morgan fingerprint density at radius 3 is 2.83 bits per heavy atom. The molecular weight excluding hydrogens is 284 g/mol. The van der Waals surface area contributed by atoms with E-state index in [2.05, 4.69) is 71.6 Å². The molecular formula is C19H22N4. The number of aryl methyl sites for hydroxylation is 1. The molecule has 4 heteroatoms. The second-order valence-electron chi connectivity index (χ2n) is 6.12. The molecule has 0 bridgehead atoms. The molecule has 2 aromatic heterocycles. The van der Waals surface area contributed by atoms with Crippen molar-refractivity contribution < 1.29 is 0 Å². The topological polar surface area (TPSA) is 53.6 Å². The Labute approximate surface area is 137 Å². The van der Waals surface area contributed by atoms with E-state index in [0.717, 1.165) is 29.2 Å². The van der Waals surface area contributed by atoms with Crippen LogP contribution >= 0.6 is 0 Å². The van der Waals surface area contributed by atoms with Gasteiger partial charge in [0.1, 0.15) is 5.82 Å². The molecule has 1 aromatic carbocycles. The third-order valence-corrected chi connectivity index (χ3v) is 3.87. The molecule has 0 aliphatic rings. The molecule has 4 nitrogen and oxygen atoms in total. The molecule has 118 valence electrons. The van der Waals surface area contributed by atoms with Crippen LogP contribution in [0.3, 0.4) is 0 Å². The molecule has 0 atom stereocenters. The van der Waals surface area contributed by atoms with Crippen LogP contribution in [0, 0.1) is 6.92 Å². The molecule has 0 saturated heterocycles. The summed E-state index contributed by atoms with van der Waals surface area (Å²) in [7, 11) is 0. The van der Waals surface area contributed by atoms with Crippen LogP contribution in [-0.2, 0) is 6.54 Å². The number of nitrogens with zero attached hydrogens (tertiary/aromatic N) is 2. The summed E-state index contributed by atoms with van der Waals surface area (Å²) >= 11 is 0. The number of benzene rings is 1. The Balaban J connectivity index is 1.79. The van der Waals surface area contributed by atoms with Crippen LogP contribution in [0.15, 0.2) is 48.8 Å². The van der Waals surface area contributed by atoms with Crippen LogP contribution in [0.4, 0.5) is 5.82 Å². The lowest BCUT2D eigenvalue weighted by Gasteiger charge is -2.09. The average molecular weight is 306 g/mol. The van der Waals surface area contributed by atoms with Crippen molar-refractivity contribution in [1.29, 1.82) is 0 Å². The highest BCUT2D eigenvalue weighted by atomic mass is 15.1. The van der Waals surface area contributed by atoms with Crippen molar-refractivity contribution in [2.45, 2.75) is 33.2 Å². The second kappa shape index (κ2) is 6.65. The third kappa shape index (κ3) is 3.59. The molecule has 0 spiro atoms. The lowest BCUT2D eigenvalue weighted by molar-refractivity contribution is 0.812. The van der Waals surface area contributed by atoms with Crippen molar-refractivity contribution in [1.82, 2.24) is 15.2 Å². The molecule has 2 heterocycles. The minimum atomic E-state index is 0.407. The Kier molecular flexibility index (Phi) is 4.42. The largest absolute Gasteiger partial charge is 0.366 e. The van der Waals surface area contributed by atoms with Crippen LogP contribution < -0.4 is 5.32 Å². The monoisotopic (exact) mass is 306 g/mol. The van der Waals surface area contributed by atoms with Gasteiger partial charge < -0.3 is 5.32 Å². The summed E-state index contributed by atoms with van der Waals surface area (Å²) in [6.07, 6.45) is 3.72. The van der Waals surface area contributed by atoms with Crippen LogP contribution in [0.1, 0.15) is 36.6 Å². The smallest absolute Gasteiger partial charge is 0.126 e. The normalized spacial score (nSPS) is 11.0. The van der Waals surface area contributed by atoms with E-state index < -0.39 is 0 Å². The van der Waals surface area contributed by atoms with Crippen LogP contribution in [0.25, 0.3) is 11.1 Å². The van der Waals surface area contributed by atoms with E-state index in [1.165, 1.54) is 11.1 Å². The molecule has 0 aliphatic carbocycles. The van der Waals surface area contributed by atoms with Crippen molar-refractivity contribution in [3.05, 3.63) is 65.6 Å². The van der Waals surface area contributed by atoms with Crippen molar-refractivity contribution in [2.75, 3.05) is 5.32 Å². The van der Waals surface area contributed by atoms with Gasteiger partial charge in [0.15, 0.2) is 0 Å². The number of pyridine rings is 1. The van der Waals surface area contributed by atoms with Gasteiger partial charge >= 0.3 is 0 Å². The summed E-state index contributed by atoms with van der Waals surface area (Å²) in [6, 6.07) is 12.6. The average Bonchev–Trinajstić information content (AvgIpc) is 3.03. The third-order valence-electron chi connectivity index (χ3n) is 3.87. The standard InChI is InChI=1S/C19H22N4/c1-13(2)19-17(12-22-23-19)16-7-8-20-18(10-16)21-11-15-6-4-5-14(3)9-15/h4-10,12-13H,11H2,1-3H3,(H,20,21)(H,22,23). The summed E-state index contributed by atoms with van der Waals surface area (Å²) in [5.74, 6) is 1.28. The summed E-state index contributed by atoms with van der Waals surface area (Å²) in [5, 5.41) is 10.7. The Bertz CT molecular complexity index is 789. The Morgan fingerprint density at radius 2 is 2.04 bits per heavy atom. The van der Waals surface area contributed by atoms with E-state index in [9.17, 15) is 0 Å². The number of aromatic amines is 1. The number of aromatic nitrogens is 3. The summed E-state index contributed by atoms with van der Waals surface area (Å²) < 4.78 is 0. The number of hydrogen-bond acceptors (Lipinski definition) is 3. The minimum absolute atomic E-state index is 0.407. The highest BCUT2D eigenvalue weighted by molar-refractivity contribution is 5.68. The van der Waals surface area contributed by atoms with Crippen molar-refractivity contribution in [3.63, 3.8) is 0 Å². The highest BCUT2D eigenvalue weighted by Gasteiger charge is 2.11. The summed E-state index contributed by atoms with van der Waals surface area (Å²) in [5.41, 5.74) is 5.94. The van der Waals surface area contributed by atoms with Crippen LogP contribution in [0.2, 0.25) is 0 Å². The molecule has 3 aromatic rings. The molecule has 0 aliphatic heterocycles. The number of anilines is 1.